The Morgan fingerprint density at radius 3 is 2.35 bits per heavy atom. The number of hydrogen-bond acceptors (Lipinski definition) is 5. The van der Waals surface area contributed by atoms with Crippen molar-refractivity contribution in [2.45, 2.75) is 32.7 Å². The molecule has 0 radical (unpaired) electrons. The first-order valence-electron chi connectivity index (χ1n) is 8.19. The maximum atomic E-state index is 12.4. The van der Waals surface area contributed by atoms with Crippen molar-refractivity contribution in [2.75, 3.05) is 11.5 Å². The van der Waals surface area contributed by atoms with E-state index < -0.39 is 5.97 Å². The van der Waals surface area contributed by atoms with Crippen LogP contribution in [0.3, 0.4) is 0 Å². The van der Waals surface area contributed by atoms with E-state index in [-0.39, 0.29) is 37.2 Å². The number of esters is 1. The number of Topliss-reactive ketones (excluding diaryl/α,β-unsaturated/α-hetero) is 1. The maximum Gasteiger partial charge on any atom is 0.306 e. The van der Waals surface area contributed by atoms with Gasteiger partial charge in [-0.3, -0.25) is 14.4 Å². The number of para-hydroxylation sites is 1. The Kier molecular flexibility index (Phi) is 7.36. The lowest BCUT2D eigenvalue weighted by Gasteiger charge is -2.26. The van der Waals surface area contributed by atoms with Gasteiger partial charge < -0.3 is 9.64 Å². The number of anilines is 1. The molecule has 0 unspecified atom stereocenters. The smallest absolute Gasteiger partial charge is 0.306 e. The Balaban J connectivity index is 1.83. The minimum atomic E-state index is -0.578. The van der Waals surface area contributed by atoms with E-state index in [1.165, 1.54) is 11.3 Å². The van der Waals surface area contributed by atoms with Crippen LogP contribution in [0, 0.1) is 0 Å². The Bertz CT molecular complexity index is 773. The number of rotatable bonds is 8. The van der Waals surface area contributed by atoms with Crippen LogP contribution in [0.2, 0.25) is 4.34 Å². The third kappa shape index (κ3) is 5.68. The Morgan fingerprint density at radius 2 is 1.77 bits per heavy atom. The van der Waals surface area contributed by atoms with Crippen LogP contribution in [-0.2, 0) is 14.3 Å². The van der Waals surface area contributed by atoms with Gasteiger partial charge in [0.2, 0.25) is 0 Å². The molecule has 138 valence electrons. The van der Waals surface area contributed by atoms with Crippen LogP contribution in [0.4, 0.5) is 5.69 Å². The van der Waals surface area contributed by atoms with Gasteiger partial charge in [0.05, 0.1) is 15.6 Å². The van der Waals surface area contributed by atoms with Gasteiger partial charge in [0.1, 0.15) is 0 Å². The van der Waals surface area contributed by atoms with Gasteiger partial charge in [-0.15, -0.1) is 11.3 Å². The van der Waals surface area contributed by atoms with Crippen molar-refractivity contribution in [1.82, 2.24) is 0 Å². The van der Waals surface area contributed by atoms with Crippen molar-refractivity contribution in [2.24, 2.45) is 0 Å². The molecule has 0 saturated heterocycles. The number of halogens is 1. The lowest BCUT2D eigenvalue weighted by Crippen LogP contribution is -2.39. The second-order valence-corrected chi connectivity index (χ2v) is 7.60. The summed E-state index contributed by atoms with van der Waals surface area (Å²) in [6.45, 7) is 3.42. The van der Waals surface area contributed by atoms with E-state index in [0.29, 0.717) is 9.21 Å². The molecule has 0 N–H and O–H groups in total. The molecule has 1 aromatic carbocycles. The van der Waals surface area contributed by atoms with E-state index in [1.54, 1.807) is 17.0 Å². The van der Waals surface area contributed by atoms with E-state index in [9.17, 15) is 14.4 Å². The van der Waals surface area contributed by atoms with E-state index in [0.717, 1.165) is 5.69 Å². The molecule has 5 nitrogen and oxygen atoms in total. The summed E-state index contributed by atoms with van der Waals surface area (Å²) < 4.78 is 5.57. The van der Waals surface area contributed by atoms with Crippen molar-refractivity contribution in [1.29, 1.82) is 0 Å². The lowest BCUT2D eigenvalue weighted by atomic mass is 10.2. The first-order chi connectivity index (χ1) is 12.4. The number of nitrogens with zero attached hydrogens (tertiary/aromatic N) is 1. The quantitative estimate of drug-likeness (QED) is 0.494. The second-order valence-electron chi connectivity index (χ2n) is 5.88. The predicted molar refractivity (Wildman–Crippen MR) is 103 cm³/mol. The molecule has 26 heavy (non-hydrogen) atoms. The van der Waals surface area contributed by atoms with Gasteiger partial charge in [-0.2, -0.15) is 0 Å². The first kappa shape index (κ1) is 20.1. The molecule has 0 saturated carbocycles. The van der Waals surface area contributed by atoms with Crippen molar-refractivity contribution in [3.63, 3.8) is 0 Å². The summed E-state index contributed by atoms with van der Waals surface area (Å²) in [5, 5.41) is 0. The van der Waals surface area contributed by atoms with Crippen molar-refractivity contribution >= 4 is 46.3 Å². The second kappa shape index (κ2) is 9.50. The number of carbonyl (C=O) groups excluding carboxylic acids is 3. The minimum absolute atomic E-state index is 0.0243. The molecular formula is C19H20ClNO4S. The van der Waals surface area contributed by atoms with Crippen LogP contribution >= 0.6 is 22.9 Å². The molecule has 7 heteroatoms. The van der Waals surface area contributed by atoms with Crippen LogP contribution in [0.25, 0.3) is 0 Å². The molecule has 0 aliphatic rings. The number of carbonyl (C=O) groups is 3. The average Bonchev–Trinajstić information content (AvgIpc) is 3.05. The van der Waals surface area contributed by atoms with Crippen LogP contribution in [-0.4, -0.2) is 30.3 Å². The van der Waals surface area contributed by atoms with Crippen LogP contribution in [0.1, 0.15) is 36.4 Å². The maximum absolute atomic E-state index is 12.4. The molecule has 2 rings (SSSR count). The normalized spacial score (nSPS) is 10.6. The Hall–Kier alpha value is -2.18. The van der Waals surface area contributed by atoms with Crippen molar-refractivity contribution in [3.8, 4) is 0 Å². The molecule has 1 heterocycles. The van der Waals surface area contributed by atoms with Gasteiger partial charge in [0, 0.05) is 18.2 Å². The zero-order valence-corrected chi connectivity index (χ0v) is 16.2. The monoisotopic (exact) mass is 393 g/mol. The third-order valence-electron chi connectivity index (χ3n) is 3.58. The molecule has 0 spiro atoms. The summed E-state index contributed by atoms with van der Waals surface area (Å²) in [6.07, 6.45) is -0.0505. The zero-order valence-electron chi connectivity index (χ0n) is 14.6. The van der Waals surface area contributed by atoms with Gasteiger partial charge in [-0.05, 0) is 38.1 Å². The fraction of sp³-hybridized carbons (Fsp3) is 0.316. The van der Waals surface area contributed by atoms with Crippen LogP contribution in [0.15, 0.2) is 42.5 Å². The molecule has 0 aliphatic carbocycles. The van der Waals surface area contributed by atoms with Crippen molar-refractivity contribution in [3.05, 3.63) is 51.7 Å². The molecule has 0 atom stereocenters. The Morgan fingerprint density at radius 1 is 1.08 bits per heavy atom. The highest BCUT2D eigenvalue weighted by atomic mass is 35.5. The SMILES string of the molecule is CC(C)N(C(=O)COC(=O)CCC(=O)c1ccc(Cl)s1)c1ccccc1. The largest absolute Gasteiger partial charge is 0.456 e. The highest BCUT2D eigenvalue weighted by Gasteiger charge is 2.20. The highest BCUT2D eigenvalue weighted by Crippen LogP contribution is 2.23. The van der Waals surface area contributed by atoms with E-state index in [1.807, 2.05) is 44.2 Å². The summed E-state index contributed by atoms with van der Waals surface area (Å²) in [5.74, 6) is -1.06. The van der Waals surface area contributed by atoms with Gasteiger partial charge >= 0.3 is 5.97 Å². The third-order valence-corrected chi connectivity index (χ3v) is 4.85. The Labute approximate surface area is 161 Å². The summed E-state index contributed by atoms with van der Waals surface area (Å²) in [5.41, 5.74) is 0.744. The number of thiophene rings is 1. The predicted octanol–water partition coefficient (Wildman–Crippen LogP) is 4.35. The molecular weight excluding hydrogens is 374 g/mol. The number of amides is 1. The van der Waals surface area contributed by atoms with E-state index >= 15 is 0 Å². The lowest BCUT2D eigenvalue weighted by molar-refractivity contribution is -0.147. The zero-order chi connectivity index (χ0) is 19.1. The standard InChI is InChI=1S/C19H20ClNO4S/c1-13(2)21(14-6-4-3-5-7-14)18(23)12-25-19(24)11-8-15(22)16-9-10-17(20)26-16/h3-7,9-10,13H,8,11-12H2,1-2H3. The number of benzene rings is 1. The first-order valence-corrected chi connectivity index (χ1v) is 9.39. The highest BCUT2D eigenvalue weighted by molar-refractivity contribution is 7.18. The van der Waals surface area contributed by atoms with Gasteiger partial charge in [0.25, 0.3) is 5.91 Å². The summed E-state index contributed by atoms with van der Waals surface area (Å²) in [6, 6.07) is 12.4. The molecule has 0 fully saturated rings. The number of ether oxygens (including phenoxy) is 1. The molecule has 0 bridgehead atoms. The summed E-state index contributed by atoms with van der Waals surface area (Å²) in [7, 11) is 0. The fourth-order valence-electron chi connectivity index (χ4n) is 2.41. The van der Waals surface area contributed by atoms with Crippen LogP contribution < -0.4 is 4.90 Å². The minimum Gasteiger partial charge on any atom is -0.456 e. The van der Waals surface area contributed by atoms with Crippen LogP contribution in [0.5, 0.6) is 0 Å². The molecule has 1 amide bonds. The number of hydrogen-bond donors (Lipinski definition) is 0. The van der Waals surface area contributed by atoms with Crippen molar-refractivity contribution < 1.29 is 19.1 Å². The molecule has 2 aromatic rings. The summed E-state index contributed by atoms with van der Waals surface area (Å²) in [4.78, 5) is 38.3. The topological polar surface area (TPSA) is 63.7 Å². The summed E-state index contributed by atoms with van der Waals surface area (Å²) >= 11 is 6.96. The van der Waals surface area contributed by atoms with E-state index in [4.69, 9.17) is 16.3 Å². The molecule has 1 aromatic heterocycles. The van der Waals surface area contributed by atoms with Gasteiger partial charge in [-0.1, -0.05) is 29.8 Å². The van der Waals surface area contributed by atoms with Gasteiger partial charge in [0.15, 0.2) is 12.4 Å². The van der Waals surface area contributed by atoms with E-state index in [2.05, 4.69) is 0 Å². The number of ketones is 1. The van der Waals surface area contributed by atoms with Gasteiger partial charge in [-0.25, -0.2) is 0 Å². The fourth-order valence-corrected chi connectivity index (χ4v) is 3.42. The average molecular weight is 394 g/mol. The molecule has 0 aliphatic heterocycles.